The summed E-state index contributed by atoms with van der Waals surface area (Å²) in [7, 11) is -3.54. The number of pyridine rings is 1. The van der Waals surface area contributed by atoms with E-state index in [1.54, 1.807) is 24.5 Å². The van der Waals surface area contributed by atoms with E-state index in [0.717, 1.165) is 32.9 Å². The highest BCUT2D eigenvalue weighted by Gasteiger charge is 2.22. The minimum atomic E-state index is -3.54. The summed E-state index contributed by atoms with van der Waals surface area (Å²) >= 11 is 0. The van der Waals surface area contributed by atoms with E-state index in [4.69, 9.17) is 0 Å². The average Bonchev–Trinajstić information content (AvgIpc) is 2.56. The first-order valence-electron chi connectivity index (χ1n) is 8.42. The fourth-order valence-corrected chi connectivity index (χ4v) is 3.40. The van der Waals surface area contributed by atoms with Crippen molar-refractivity contribution in [2.45, 2.75) is 33.2 Å². The third kappa shape index (κ3) is 5.37. The van der Waals surface area contributed by atoms with Gasteiger partial charge in [-0.05, 0) is 35.6 Å². The molecule has 1 aromatic carbocycles. The Balaban J connectivity index is 2.19. The highest BCUT2D eigenvalue weighted by atomic mass is 32.2. The molecule has 0 aliphatic heterocycles. The van der Waals surface area contributed by atoms with Crippen molar-refractivity contribution in [2.75, 3.05) is 18.1 Å². The summed E-state index contributed by atoms with van der Waals surface area (Å²) in [5.41, 5.74) is 3.45. The lowest BCUT2D eigenvalue weighted by Gasteiger charge is -2.21. The van der Waals surface area contributed by atoms with Crippen molar-refractivity contribution in [2.24, 2.45) is 0 Å². The molecule has 0 saturated carbocycles. The lowest BCUT2D eigenvalue weighted by molar-refractivity contribution is -0.116. The normalized spacial score (nSPS) is 11.8. The van der Waals surface area contributed by atoms with Gasteiger partial charge in [0, 0.05) is 24.6 Å². The lowest BCUT2D eigenvalue weighted by Crippen LogP contribution is -2.37. The predicted molar refractivity (Wildman–Crippen MR) is 103 cm³/mol. The molecule has 2 rings (SSSR count). The number of aryl methyl sites for hydroxylation is 1. The molecule has 0 atom stereocenters. The van der Waals surface area contributed by atoms with Crippen LogP contribution >= 0.6 is 0 Å². The monoisotopic (exact) mass is 375 g/mol. The topological polar surface area (TPSA) is 79.4 Å². The van der Waals surface area contributed by atoms with E-state index in [0.29, 0.717) is 0 Å². The molecule has 140 valence electrons. The van der Waals surface area contributed by atoms with Crippen LogP contribution in [-0.2, 0) is 21.4 Å². The van der Waals surface area contributed by atoms with Gasteiger partial charge in [-0.2, -0.15) is 4.31 Å². The second-order valence-electron chi connectivity index (χ2n) is 6.63. The molecule has 6 nitrogen and oxygen atoms in total. The molecule has 0 spiro atoms. The molecule has 0 bridgehead atoms. The van der Waals surface area contributed by atoms with Crippen LogP contribution in [0, 0.1) is 6.92 Å². The summed E-state index contributed by atoms with van der Waals surface area (Å²) in [5.74, 6) is -0.123. The van der Waals surface area contributed by atoms with Crippen LogP contribution in [0.2, 0.25) is 0 Å². The van der Waals surface area contributed by atoms with Gasteiger partial charge in [-0.15, -0.1) is 0 Å². The zero-order valence-corrected chi connectivity index (χ0v) is 16.4. The minimum Gasteiger partial charge on any atom is -0.324 e. The molecule has 0 unspecified atom stereocenters. The number of carbonyl (C=O) groups is 1. The third-order valence-corrected chi connectivity index (χ3v) is 5.26. The van der Waals surface area contributed by atoms with Gasteiger partial charge in [0.25, 0.3) is 0 Å². The van der Waals surface area contributed by atoms with Crippen LogP contribution in [0.25, 0.3) is 0 Å². The van der Waals surface area contributed by atoms with Gasteiger partial charge in [0.1, 0.15) is 0 Å². The SMILES string of the molecule is Cc1cccc(C(C)C)c1NC(=O)CN(Cc1cccnc1)S(C)(=O)=O. The number of nitrogens with zero attached hydrogens (tertiary/aromatic N) is 2. The van der Waals surface area contributed by atoms with Crippen molar-refractivity contribution in [3.8, 4) is 0 Å². The molecule has 1 heterocycles. The van der Waals surface area contributed by atoms with E-state index in [-0.39, 0.29) is 24.9 Å². The Morgan fingerprint density at radius 3 is 2.54 bits per heavy atom. The van der Waals surface area contributed by atoms with Crippen molar-refractivity contribution in [3.05, 3.63) is 59.4 Å². The molecule has 0 saturated heterocycles. The Kier molecular flexibility index (Phi) is 6.50. The number of sulfonamides is 1. The van der Waals surface area contributed by atoms with Gasteiger partial charge in [0.05, 0.1) is 12.8 Å². The van der Waals surface area contributed by atoms with Crippen molar-refractivity contribution in [3.63, 3.8) is 0 Å². The van der Waals surface area contributed by atoms with Crippen molar-refractivity contribution < 1.29 is 13.2 Å². The standard InChI is InChI=1S/C19H25N3O3S/c1-14(2)17-9-5-7-15(3)19(17)21-18(23)13-22(26(4,24)25)12-16-8-6-10-20-11-16/h5-11,14H,12-13H2,1-4H3,(H,21,23). The number of anilines is 1. The molecule has 0 radical (unpaired) electrons. The van der Waals surface area contributed by atoms with Crippen LogP contribution in [0.15, 0.2) is 42.7 Å². The molecular formula is C19H25N3O3S. The first kappa shape index (κ1) is 20.1. The van der Waals surface area contributed by atoms with E-state index in [2.05, 4.69) is 24.1 Å². The maximum Gasteiger partial charge on any atom is 0.239 e. The molecule has 7 heteroatoms. The molecule has 0 aliphatic carbocycles. The van der Waals surface area contributed by atoms with Gasteiger partial charge in [-0.25, -0.2) is 8.42 Å². The second-order valence-corrected chi connectivity index (χ2v) is 8.62. The lowest BCUT2D eigenvalue weighted by atomic mass is 9.98. The second kappa shape index (κ2) is 8.42. The highest BCUT2D eigenvalue weighted by Crippen LogP contribution is 2.27. The Morgan fingerprint density at radius 2 is 1.96 bits per heavy atom. The number of para-hydroxylation sites is 1. The maximum atomic E-state index is 12.6. The predicted octanol–water partition coefficient (Wildman–Crippen LogP) is 2.91. The smallest absolute Gasteiger partial charge is 0.239 e. The van der Waals surface area contributed by atoms with Crippen molar-refractivity contribution in [1.82, 2.24) is 9.29 Å². The Bertz CT molecular complexity index is 865. The maximum absolute atomic E-state index is 12.6. The van der Waals surface area contributed by atoms with E-state index in [1.165, 1.54) is 0 Å². The summed E-state index contributed by atoms with van der Waals surface area (Å²) in [6, 6.07) is 9.35. The Hall–Kier alpha value is -2.25. The Morgan fingerprint density at radius 1 is 1.23 bits per heavy atom. The molecule has 1 aromatic heterocycles. The fourth-order valence-electron chi connectivity index (χ4n) is 2.67. The van der Waals surface area contributed by atoms with Crippen LogP contribution in [0.5, 0.6) is 0 Å². The molecule has 0 aliphatic rings. The van der Waals surface area contributed by atoms with Crippen LogP contribution in [0.3, 0.4) is 0 Å². The summed E-state index contributed by atoms with van der Waals surface area (Å²) in [6.07, 6.45) is 4.31. The number of hydrogen-bond donors (Lipinski definition) is 1. The van der Waals surface area contributed by atoms with Gasteiger partial charge < -0.3 is 5.32 Å². The van der Waals surface area contributed by atoms with Crippen LogP contribution in [-0.4, -0.2) is 36.4 Å². The van der Waals surface area contributed by atoms with E-state index in [1.807, 2.05) is 25.1 Å². The van der Waals surface area contributed by atoms with Gasteiger partial charge in [0.2, 0.25) is 15.9 Å². The third-order valence-electron chi connectivity index (χ3n) is 4.06. The quantitative estimate of drug-likeness (QED) is 0.807. The molecular weight excluding hydrogens is 350 g/mol. The number of rotatable bonds is 7. The first-order valence-corrected chi connectivity index (χ1v) is 10.3. The summed E-state index contributed by atoms with van der Waals surface area (Å²) in [4.78, 5) is 16.5. The highest BCUT2D eigenvalue weighted by molar-refractivity contribution is 7.88. The zero-order valence-electron chi connectivity index (χ0n) is 15.6. The van der Waals surface area contributed by atoms with Crippen molar-refractivity contribution >= 4 is 21.6 Å². The number of amides is 1. The Labute approximate surface area is 155 Å². The molecule has 26 heavy (non-hydrogen) atoms. The molecule has 0 fully saturated rings. The van der Waals surface area contributed by atoms with Crippen molar-refractivity contribution in [1.29, 1.82) is 0 Å². The van der Waals surface area contributed by atoms with E-state index in [9.17, 15) is 13.2 Å². The molecule has 2 aromatic rings. The fraction of sp³-hybridized carbons (Fsp3) is 0.368. The number of nitrogens with one attached hydrogen (secondary N) is 1. The number of carbonyl (C=O) groups excluding carboxylic acids is 1. The summed E-state index contributed by atoms with van der Waals surface area (Å²) in [5, 5.41) is 2.89. The number of hydrogen-bond acceptors (Lipinski definition) is 4. The first-order chi connectivity index (χ1) is 12.2. The molecule has 1 amide bonds. The zero-order chi connectivity index (χ0) is 19.3. The van der Waals surface area contributed by atoms with Crippen LogP contribution in [0.4, 0.5) is 5.69 Å². The van der Waals surface area contributed by atoms with Gasteiger partial charge in [0.15, 0.2) is 0 Å². The molecule has 1 N–H and O–H groups in total. The van der Waals surface area contributed by atoms with Crippen LogP contribution < -0.4 is 5.32 Å². The summed E-state index contributed by atoms with van der Waals surface area (Å²) < 4.78 is 25.3. The van der Waals surface area contributed by atoms with Gasteiger partial charge >= 0.3 is 0 Å². The number of aromatic nitrogens is 1. The number of benzene rings is 1. The van der Waals surface area contributed by atoms with Crippen LogP contribution in [0.1, 0.15) is 36.5 Å². The summed E-state index contributed by atoms with van der Waals surface area (Å²) in [6.45, 7) is 5.88. The van der Waals surface area contributed by atoms with E-state index >= 15 is 0 Å². The van der Waals surface area contributed by atoms with Gasteiger partial charge in [-0.1, -0.05) is 38.1 Å². The minimum absolute atomic E-state index is 0.102. The average molecular weight is 375 g/mol. The van der Waals surface area contributed by atoms with Gasteiger partial charge in [-0.3, -0.25) is 9.78 Å². The van der Waals surface area contributed by atoms with E-state index < -0.39 is 10.0 Å². The largest absolute Gasteiger partial charge is 0.324 e.